The molecular formula is C17H13ClO3. The molecule has 0 unspecified atom stereocenters. The lowest BCUT2D eigenvalue weighted by Gasteiger charge is -2.12. The summed E-state index contributed by atoms with van der Waals surface area (Å²) in [6.07, 6.45) is -0.727. The van der Waals surface area contributed by atoms with E-state index in [1.165, 1.54) is 0 Å². The predicted molar refractivity (Wildman–Crippen MR) is 84.1 cm³/mol. The van der Waals surface area contributed by atoms with Gasteiger partial charge in [0.15, 0.2) is 5.75 Å². The van der Waals surface area contributed by atoms with E-state index >= 15 is 0 Å². The Morgan fingerprint density at radius 1 is 1.10 bits per heavy atom. The molecule has 0 aliphatic carbocycles. The van der Waals surface area contributed by atoms with Crippen LogP contribution in [0.4, 0.5) is 4.79 Å². The van der Waals surface area contributed by atoms with Crippen molar-refractivity contribution in [2.75, 3.05) is 6.61 Å². The van der Waals surface area contributed by atoms with E-state index in [0.29, 0.717) is 16.2 Å². The van der Waals surface area contributed by atoms with Gasteiger partial charge in [0.25, 0.3) is 0 Å². The second-order valence-corrected chi connectivity index (χ2v) is 4.96. The van der Waals surface area contributed by atoms with E-state index in [1.807, 2.05) is 42.5 Å². The van der Waals surface area contributed by atoms with Crippen molar-refractivity contribution in [3.63, 3.8) is 0 Å². The fourth-order valence-corrected chi connectivity index (χ4v) is 2.64. The molecule has 0 N–H and O–H groups in total. The van der Waals surface area contributed by atoms with Crippen LogP contribution in [0, 0.1) is 0 Å². The third-order valence-corrected chi connectivity index (χ3v) is 3.55. The minimum Gasteiger partial charge on any atom is -0.434 e. The molecule has 106 valence electrons. The summed E-state index contributed by atoms with van der Waals surface area (Å²) in [5.41, 5.74) is 0. The molecule has 0 fully saturated rings. The molecule has 0 aromatic heterocycles. The van der Waals surface area contributed by atoms with Gasteiger partial charge in [-0.2, -0.15) is 0 Å². The molecule has 0 saturated carbocycles. The molecule has 4 heteroatoms. The van der Waals surface area contributed by atoms with Crippen molar-refractivity contribution < 1.29 is 14.3 Å². The SMILES string of the molecule is CCOC(=O)Oc1c2ccccc2cc2cccc(Cl)c12. The fraction of sp³-hybridized carbons (Fsp3) is 0.118. The topological polar surface area (TPSA) is 35.5 Å². The summed E-state index contributed by atoms with van der Waals surface area (Å²) in [5, 5.41) is 3.97. The molecule has 21 heavy (non-hydrogen) atoms. The lowest BCUT2D eigenvalue weighted by atomic mass is 10.0. The molecule has 0 saturated heterocycles. The van der Waals surface area contributed by atoms with Crippen molar-refractivity contribution in [2.45, 2.75) is 6.92 Å². The second-order valence-electron chi connectivity index (χ2n) is 4.55. The first kappa shape index (κ1) is 13.7. The molecule has 3 rings (SSSR count). The van der Waals surface area contributed by atoms with Gasteiger partial charge in [-0.3, -0.25) is 0 Å². The Labute approximate surface area is 127 Å². The van der Waals surface area contributed by atoms with Crippen molar-refractivity contribution in [2.24, 2.45) is 0 Å². The Morgan fingerprint density at radius 3 is 2.67 bits per heavy atom. The molecule has 0 spiro atoms. The maximum atomic E-state index is 11.7. The lowest BCUT2D eigenvalue weighted by Crippen LogP contribution is -2.10. The van der Waals surface area contributed by atoms with E-state index in [9.17, 15) is 4.79 Å². The number of halogens is 1. The van der Waals surface area contributed by atoms with E-state index in [1.54, 1.807) is 13.0 Å². The third kappa shape index (κ3) is 2.52. The van der Waals surface area contributed by atoms with Gasteiger partial charge in [0.1, 0.15) is 0 Å². The molecule has 0 radical (unpaired) electrons. The zero-order valence-corrected chi connectivity index (χ0v) is 12.2. The Balaban J connectivity index is 2.31. The number of carbonyl (C=O) groups excluding carboxylic acids is 1. The molecule has 3 aromatic rings. The summed E-state index contributed by atoms with van der Waals surface area (Å²) in [6.45, 7) is 1.99. The maximum absolute atomic E-state index is 11.7. The van der Waals surface area contributed by atoms with Crippen LogP contribution < -0.4 is 4.74 Å². The van der Waals surface area contributed by atoms with Crippen molar-refractivity contribution in [1.29, 1.82) is 0 Å². The van der Waals surface area contributed by atoms with E-state index in [-0.39, 0.29) is 6.61 Å². The normalized spacial score (nSPS) is 10.8. The van der Waals surface area contributed by atoms with Crippen molar-refractivity contribution in [1.82, 2.24) is 0 Å². The Kier molecular flexibility index (Phi) is 3.67. The summed E-state index contributed by atoms with van der Waals surface area (Å²) in [5.74, 6) is 0.437. The smallest absolute Gasteiger partial charge is 0.434 e. The van der Waals surface area contributed by atoms with Crippen molar-refractivity contribution in [3.8, 4) is 5.75 Å². The van der Waals surface area contributed by atoms with E-state index in [0.717, 1.165) is 16.2 Å². The monoisotopic (exact) mass is 300 g/mol. The zero-order chi connectivity index (χ0) is 14.8. The van der Waals surface area contributed by atoms with Crippen LogP contribution in [0.1, 0.15) is 6.92 Å². The number of fused-ring (bicyclic) bond motifs is 2. The minimum atomic E-state index is -0.727. The first-order chi connectivity index (χ1) is 10.2. The molecule has 3 aromatic carbocycles. The quantitative estimate of drug-likeness (QED) is 0.371. The third-order valence-electron chi connectivity index (χ3n) is 3.24. The molecule has 0 atom stereocenters. The van der Waals surface area contributed by atoms with Crippen LogP contribution >= 0.6 is 11.6 Å². The number of rotatable bonds is 2. The van der Waals surface area contributed by atoms with Crippen LogP contribution in [0.15, 0.2) is 48.5 Å². The lowest BCUT2D eigenvalue weighted by molar-refractivity contribution is 0.105. The summed E-state index contributed by atoms with van der Waals surface area (Å²) in [6, 6.07) is 15.3. The number of carbonyl (C=O) groups is 1. The molecule has 0 aliphatic rings. The van der Waals surface area contributed by atoms with Crippen molar-refractivity contribution in [3.05, 3.63) is 53.6 Å². The maximum Gasteiger partial charge on any atom is 0.513 e. The summed E-state index contributed by atoms with van der Waals surface area (Å²) < 4.78 is 10.3. The molecule has 0 aliphatic heterocycles. The number of benzene rings is 3. The Hall–Kier alpha value is -2.26. The van der Waals surface area contributed by atoms with Crippen LogP contribution in [-0.4, -0.2) is 12.8 Å². The zero-order valence-electron chi connectivity index (χ0n) is 11.4. The average molecular weight is 301 g/mol. The van der Waals surface area contributed by atoms with Crippen LogP contribution in [0.5, 0.6) is 5.75 Å². The van der Waals surface area contributed by atoms with Gasteiger partial charge < -0.3 is 9.47 Å². The highest BCUT2D eigenvalue weighted by Crippen LogP contribution is 2.38. The van der Waals surface area contributed by atoms with Gasteiger partial charge in [-0.1, -0.05) is 48.0 Å². The van der Waals surface area contributed by atoms with E-state index in [4.69, 9.17) is 21.1 Å². The first-order valence-corrected chi connectivity index (χ1v) is 7.03. The van der Waals surface area contributed by atoms with Crippen LogP contribution in [0.25, 0.3) is 21.5 Å². The number of ether oxygens (including phenoxy) is 2. The Morgan fingerprint density at radius 2 is 1.86 bits per heavy atom. The van der Waals surface area contributed by atoms with Gasteiger partial charge in [-0.05, 0) is 29.8 Å². The highest BCUT2D eigenvalue weighted by molar-refractivity contribution is 6.37. The number of hydrogen-bond donors (Lipinski definition) is 0. The molecule has 0 heterocycles. The summed E-state index contributed by atoms with van der Waals surface area (Å²) in [7, 11) is 0. The van der Waals surface area contributed by atoms with Gasteiger partial charge in [-0.25, -0.2) is 4.79 Å². The highest BCUT2D eigenvalue weighted by Gasteiger charge is 2.15. The highest BCUT2D eigenvalue weighted by atomic mass is 35.5. The molecular weight excluding hydrogens is 288 g/mol. The second kappa shape index (κ2) is 5.62. The van der Waals surface area contributed by atoms with Crippen LogP contribution in [0.2, 0.25) is 5.02 Å². The fourth-order valence-electron chi connectivity index (χ4n) is 2.37. The largest absolute Gasteiger partial charge is 0.513 e. The van der Waals surface area contributed by atoms with Crippen LogP contribution in [0.3, 0.4) is 0 Å². The standard InChI is InChI=1S/C17H13ClO3/c1-2-20-17(19)21-16-13-8-4-3-6-11(13)10-12-7-5-9-14(18)15(12)16/h3-10H,2H2,1H3. The molecule has 0 amide bonds. The Bertz CT molecular complexity index is 827. The van der Waals surface area contributed by atoms with E-state index in [2.05, 4.69) is 0 Å². The summed E-state index contributed by atoms with van der Waals surface area (Å²) in [4.78, 5) is 11.7. The molecule has 0 bridgehead atoms. The first-order valence-electron chi connectivity index (χ1n) is 6.65. The van der Waals surface area contributed by atoms with Gasteiger partial charge in [0.2, 0.25) is 0 Å². The van der Waals surface area contributed by atoms with Crippen molar-refractivity contribution >= 4 is 39.3 Å². The van der Waals surface area contributed by atoms with Crippen LogP contribution in [-0.2, 0) is 4.74 Å². The van der Waals surface area contributed by atoms with Gasteiger partial charge in [0.05, 0.1) is 11.6 Å². The summed E-state index contributed by atoms with van der Waals surface area (Å²) >= 11 is 6.29. The van der Waals surface area contributed by atoms with Gasteiger partial charge in [-0.15, -0.1) is 0 Å². The predicted octanol–water partition coefficient (Wildman–Crippen LogP) is 5.18. The number of hydrogen-bond acceptors (Lipinski definition) is 3. The van der Waals surface area contributed by atoms with E-state index < -0.39 is 6.16 Å². The average Bonchev–Trinajstić information content (AvgIpc) is 2.47. The molecule has 3 nitrogen and oxygen atoms in total. The minimum absolute atomic E-state index is 0.259. The van der Waals surface area contributed by atoms with Gasteiger partial charge in [0, 0.05) is 10.8 Å². The van der Waals surface area contributed by atoms with Gasteiger partial charge >= 0.3 is 6.16 Å².